The van der Waals surface area contributed by atoms with Gasteiger partial charge in [-0.25, -0.2) is 9.97 Å². The van der Waals surface area contributed by atoms with Gasteiger partial charge in [0.15, 0.2) is 0 Å². The van der Waals surface area contributed by atoms with E-state index in [1.54, 1.807) is 6.07 Å². The molecule has 0 saturated carbocycles. The first-order chi connectivity index (χ1) is 10.9. The molecule has 1 amide bonds. The molecule has 0 spiro atoms. The van der Waals surface area contributed by atoms with Crippen molar-refractivity contribution in [1.29, 1.82) is 0 Å². The second kappa shape index (κ2) is 7.79. The highest BCUT2D eigenvalue weighted by Crippen LogP contribution is 2.23. The number of rotatable bonds is 5. The summed E-state index contributed by atoms with van der Waals surface area (Å²) in [5, 5.41) is 4.28. The van der Waals surface area contributed by atoms with Crippen LogP contribution in [0, 0.1) is 6.92 Å². The number of benzene rings is 1. The van der Waals surface area contributed by atoms with Crippen molar-refractivity contribution in [3.63, 3.8) is 0 Å². The molecule has 1 aromatic carbocycles. The summed E-state index contributed by atoms with van der Waals surface area (Å²) in [4.78, 5) is 21.5. The predicted octanol–water partition coefficient (Wildman–Crippen LogP) is 4.21. The first-order valence-electron chi connectivity index (χ1n) is 7.37. The molecule has 0 bridgehead atoms. The van der Waals surface area contributed by atoms with Gasteiger partial charge in [0, 0.05) is 17.5 Å². The number of aryl methyl sites for hydroxylation is 1. The lowest BCUT2D eigenvalue weighted by atomic mass is 10.1. The first kappa shape index (κ1) is 17.8. The van der Waals surface area contributed by atoms with Crippen LogP contribution in [0.5, 0.6) is 0 Å². The Balaban J connectivity index is 2.21. The van der Waals surface area contributed by atoms with Gasteiger partial charge in [0.25, 0.3) is 5.91 Å². The molecule has 0 aliphatic carbocycles. The lowest BCUT2D eigenvalue weighted by Gasteiger charge is -2.13. The fourth-order valence-corrected chi connectivity index (χ4v) is 2.99. The van der Waals surface area contributed by atoms with Crippen molar-refractivity contribution < 1.29 is 4.79 Å². The third-order valence-electron chi connectivity index (χ3n) is 3.35. The molecule has 0 fully saturated rings. The molecule has 0 saturated heterocycles. The van der Waals surface area contributed by atoms with Crippen molar-refractivity contribution in [3.05, 3.63) is 51.9 Å². The monoisotopic (exact) mass is 349 g/mol. The Morgan fingerprint density at radius 3 is 2.70 bits per heavy atom. The van der Waals surface area contributed by atoms with E-state index in [1.807, 2.05) is 45.2 Å². The Labute approximate surface area is 146 Å². The number of nitrogens with zero attached hydrogens (tertiary/aromatic N) is 2. The standard InChI is InChI=1S/C17H20ClN3OS/c1-10(2)15-20-11(3)14(17(21-15)23-4)16(22)19-9-12-6-5-7-13(18)8-12/h5-8,10H,9H2,1-4H3,(H,19,22). The van der Waals surface area contributed by atoms with Gasteiger partial charge in [-0.05, 0) is 30.9 Å². The highest BCUT2D eigenvalue weighted by molar-refractivity contribution is 7.98. The van der Waals surface area contributed by atoms with E-state index < -0.39 is 0 Å². The molecule has 6 heteroatoms. The summed E-state index contributed by atoms with van der Waals surface area (Å²) in [6.45, 7) is 6.34. The number of hydrogen-bond acceptors (Lipinski definition) is 4. The van der Waals surface area contributed by atoms with Gasteiger partial charge in [0.05, 0.1) is 11.3 Å². The molecular formula is C17H20ClN3OS. The Hall–Kier alpha value is -1.59. The van der Waals surface area contributed by atoms with Crippen LogP contribution in [-0.4, -0.2) is 22.1 Å². The molecule has 0 atom stereocenters. The molecule has 0 radical (unpaired) electrons. The topological polar surface area (TPSA) is 54.9 Å². The molecule has 2 rings (SSSR count). The molecule has 2 aromatic rings. The molecule has 0 aliphatic heterocycles. The number of hydrogen-bond donors (Lipinski definition) is 1. The third-order valence-corrected chi connectivity index (χ3v) is 4.27. The molecular weight excluding hydrogens is 330 g/mol. The summed E-state index contributed by atoms with van der Waals surface area (Å²) in [7, 11) is 0. The molecule has 4 nitrogen and oxygen atoms in total. The van der Waals surface area contributed by atoms with E-state index in [-0.39, 0.29) is 11.8 Å². The highest BCUT2D eigenvalue weighted by Gasteiger charge is 2.19. The Bertz CT molecular complexity index is 719. The molecule has 0 aliphatic rings. The third kappa shape index (κ3) is 4.45. The van der Waals surface area contributed by atoms with E-state index in [1.165, 1.54) is 11.8 Å². The van der Waals surface area contributed by atoms with Crippen LogP contribution in [0.15, 0.2) is 29.3 Å². The minimum atomic E-state index is -0.165. The van der Waals surface area contributed by atoms with Gasteiger partial charge in [-0.3, -0.25) is 4.79 Å². The number of nitrogens with one attached hydrogen (secondary N) is 1. The second-order valence-electron chi connectivity index (χ2n) is 5.52. The van der Waals surface area contributed by atoms with Gasteiger partial charge in [-0.15, -0.1) is 11.8 Å². The molecule has 0 unspecified atom stereocenters. The predicted molar refractivity (Wildman–Crippen MR) is 95.3 cm³/mol. The minimum absolute atomic E-state index is 0.165. The van der Waals surface area contributed by atoms with Gasteiger partial charge >= 0.3 is 0 Å². The number of thioether (sulfide) groups is 1. The quantitative estimate of drug-likeness (QED) is 0.648. The Kier molecular flexibility index (Phi) is 6.02. The molecule has 1 N–H and O–H groups in total. The second-order valence-corrected chi connectivity index (χ2v) is 6.75. The highest BCUT2D eigenvalue weighted by atomic mass is 35.5. The van der Waals surface area contributed by atoms with Crippen LogP contribution in [0.25, 0.3) is 0 Å². The smallest absolute Gasteiger partial charge is 0.256 e. The van der Waals surface area contributed by atoms with Gasteiger partial charge in [0.1, 0.15) is 10.9 Å². The zero-order valence-corrected chi connectivity index (χ0v) is 15.3. The Morgan fingerprint density at radius 2 is 2.09 bits per heavy atom. The van der Waals surface area contributed by atoms with E-state index in [2.05, 4.69) is 15.3 Å². The van der Waals surface area contributed by atoms with E-state index in [0.717, 1.165) is 11.4 Å². The van der Waals surface area contributed by atoms with Crippen LogP contribution in [-0.2, 0) is 6.54 Å². The number of amides is 1. The fraction of sp³-hybridized carbons (Fsp3) is 0.353. The number of carbonyl (C=O) groups is 1. The largest absolute Gasteiger partial charge is 0.348 e. The Morgan fingerprint density at radius 1 is 1.35 bits per heavy atom. The van der Waals surface area contributed by atoms with Gasteiger partial charge in [-0.1, -0.05) is 37.6 Å². The van der Waals surface area contributed by atoms with Crippen molar-refractivity contribution >= 4 is 29.3 Å². The maximum Gasteiger partial charge on any atom is 0.256 e. The van der Waals surface area contributed by atoms with Crippen molar-refractivity contribution in [3.8, 4) is 0 Å². The first-order valence-corrected chi connectivity index (χ1v) is 8.97. The van der Waals surface area contributed by atoms with Crippen molar-refractivity contribution in [2.45, 2.75) is 38.3 Å². The van der Waals surface area contributed by atoms with E-state index in [4.69, 9.17) is 11.6 Å². The maximum absolute atomic E-state index is 12.5. The van der Waals surface area contributed by atoms with E-state index in [9.17, 15) is 4.79 Å². The summed E-state index contributed by atoms with van der Waals surface area (Å²) in [6, 6.07) is 7.43. The average Bonchev–Trinajstić information content (AvgIpc) is 2.51. The normalized spacial score (nSPS) is 10.9. The molecule has 122 valence electrons. The van der Waals surface area contributed by atoms with Crippen molar-refractivity contribution in [1.82, 2.24) is 15.3 Å². The summed E-state index contributed by atoms with van der Waals surface area (Å²) < 4.78 is 0. The SMILES string of the molecule is CSc1nc(C(C)C)nc(C)c1C(=O)NCc1cccc(Cl)c1. The van der Waals surface area contributed by atoms with Gasteiger partial charge < -0.3 is 5.32 Å². The van der Waals surface area contributed by atoms with Gasteiger partial charge in [0.2, 0.25) is 0 Å². The number of carbonyl (C=O) groups excluding carboxylic acids is 1. The van der Waals surface area contributed by atoms with E-state index in [0.29, 0.717) is 27.9 Å². The zero-order valence-electron chi connectivity index (χ0n) is 13.7. The minimum Gasteiger partial charge on any atom is -0.348 e. The van der Waals surface area contributed by atoms with Crippen LogP contribution < -0.4 is 5.32 Å². The summed E-state index contributed by atoms with van der Waals surface area (Å²) in [5.41, 5.74) is 2.20. The van der Waals surface area contributed by atoms with Crippen molar-refractivity contribution in [2.24, 2.45) is 0 Å². The molecule has 1 heterocycles. The van der Waals surface area contributed by atoms with Gasteiger partial charge in [-0.2, -0.15) is 0 Å². The summed E-state index contributed by atoms with van der Waals surface area (Å²) >= 11 is 7.42. The van der Waals surface area contributed by atoms with Crippen molar-refractivity contribution in [2.75, 3.05) is 6.26 Å². The van der Waals surface area contributed by atoms with Crippen LogP contribution in [0.1, 0.15) is 47.2 Å². The van der Waals surface area contributed by atoms with Crippen LogP contribution in [0.3, 0.4) is 0 Å². The lowest BCUT2D eigenvalue weighted by molar-refractivity contribution is 0.0946. The van der Waals surface area contributed by atoms with Crippen LogP contribution in [0.4, 0.5) is 0 Å². The van der Waals surface area contributed by atoms with E-state index >= 15 is 0 Å². The maximum atomic E-state index is 12.5. The number of halogens is 1. The molecule has 23 heavy (non-hydrogen) atoms. The molecule has 1 aromatic heterocycles. The van der Waals surface area contributed by atoms with Crippen LogP contribution >= 0.6 is 23.4 Å². The number of aromatic nitrogens is 2. The average molecular weight is 350 g/mol. The fourth-order valence-electron chi connectivity index (χ4n) is 2.15. The zero-order chi connectivity index (χ0) is 17.0. The lowest BCUT2D eigenvalue weighted by Crippen LogP contribution is -2.25. The summed E-state index contributed by atoms with van der Waals surface area (Å²) in [5.74, 6) is 0.823. The summed E-state index contributed by atoms with van der Waals surface area (Å²) in [6.07, 6.45) is 1.92. The van der Waals surface area contributed by atoms with Crippen LogP contribution in [0.2, 0.25) is 5.02 Å².